The fourth-order valence-corrected chi connectivity index (χ4v) is 1.58. The number of hydrogen-bond donors (Lipinski definition) is 1. The van der Waals surface area contributed by atoms with Crippen molar-refractivity contribution < 1.29 is 18.3 Å². The van der Waals surface area contributed by atoms with Crippen molar-refractivity contribution in [1.29, 1.82) is 0 Å². The maximum atomic E-state index is 12.5. The lowest BCUT2D eigenvalue weighted by molar-refractivity contribution is -0.137. The Balaban J connectivity index is 3.17. The molecule has 19 heavy (non-hydrogen) atoms. The Morgan fingerprint density at radius 3 is 2.16 bits per heavy atom. The maximum absolute atomic E-state index is 12.5. The van der Waals surface area contributed by atoms with Gasteiger partial charge in [-0.15, -0.1) is 11.7 Å². The molecule has 0 aromatic heterocycles. The molecule has 0 amide bonds. The normalized spacial score (nSPS) is 13.7. The first-order chi connectivity index (χ1) is 8.83. The van der Waals surface area contributed by atoms with Crippen molar-refractivity contribution in [3.63, 3.8) is 0 Å². The molecule has 1 nitrogen and oxygen atoms in total. The first-order valence-corrected chi connectivity index (χ1v) is 5.50. The zero-order valence-corrected chi connectivity index (χ0v) is 10.4. The van der Waals surface area contributed by atoms with Gasteiger partial charge in [0.25, 0.3) is 0 Å². The van der Waals surface area contributed by atoms with Gasteiger partial charge in [-0.2, -0.15) is 13.2 Å². The van der Waals surface area contributed by atoms with Gasteiger partial charge in [-0.1, -0.05) is 24.6 Å². The molecule has 0 aliphatic carbocycles. The molecular weight excluding hydrogens is 253 g/mol. The molecule has 1 N–H and O–H groups in total. The topological polar surface area (TPSA) is 20.2 Å². The van der Waals surface area contributed by atoms with Crippen molar-refractivity contribution in [1.82, 2.24) is 0 Å². The zero-order chi connectivity index (χ0) is 14.5. The van der Waals surface area contributed by atoms with E-state index in [4.69, 9.17) is 0 Å². The van der Waals surface area contributed by atoms with Crippen LogP contribution in [0.2, 0.25) is 0 Å². The Kier molecular flexibility index (Phi) is 4.61. The van der Waals surface area contributed by atoms with Gasteiger partial charge >= 0.3 is 6.18 Å². The highest BCUT2D eigenvalue weighted by atomic mass is 19.4. The molecule has 1 rings (SSSR count). The van der Waals surface area contributed by atoms with Crippen molar-refractivity contribution in [2.75, 3.05) is 0 Å². The van der Waals surface area contributed by atoms with Crippen molar-refractivity contribution >= 4 is 0 Å². The number of alkyl halides is 3. The second-order valence-corrected chi connectivity index (χ2v) is 3.95. The summed E-state index contributed by atoms with van der Waals surface area (Å²) >= 11 is 0. The second-order valence-electron chi connectivity index (χ2n) is 3.95. The van der Waals surface area contributed by atoms with Crippen LogP contribution in [-0.2, 0) is 11.8 Å². The molecule has 0 heterocycles. The van der Waals surface area contributed by atoms with Gasteiger partial charge in [0.15, 0.2) is 0 Å². The third-order valence-electron chi connectivity index (χ3n) is 2.59. The fourth-order valence-electron chi connectivity index (χ4n) is 1.58. The molecule has 0 bridgehead atoms. The minimum Gasteiger partial charge on any atom is -0.379 e. The van der Waals surface area contributed by atoms with Crippen LogP contribution in [0, 0.1) is 11.8 Å². The van der Waals surface area contributed by atoms with Crippen LogP contribution in [0.1, 0.15) is 24.5 Å². The van der Waals surface area contributed by atoms with Crippen molar-refractivity contribution in [3.05, 3.63) is 53.8 Å². The van der Waals surface area contributed by atoms with E-state index in [0.717, 1.165) is 12.1 Å². The monoisotopic (exact) mass is 266 g/mol. The van der Waals surface area contributed by atoms with Crippen LogP contribution in [0.4, 0.5) is 13.2 Å². The number of hydrogen-bond acceptors (Lipinski definition) is 1. The first-order valence-electron chi connectivity index (χ1n) is 5.50. The highest BCUT2D eigenvalue weighted by Crippen LogP contribution is 2.32. The quantitative estimate of drug-likeness (QED) is 0.654. The van der Waals surface area contributed by atoms with Crippen LogP contribution in [0.3, 0.4) is 0 Å². The van der Waals surface area contributed by atoms with Gasteiger partial charge in [-0.05, 0) is 30.7 Å². The fraction of sp³-hybridized carbons (Fsp3) is 0.267. The summed E-state index contributed by atoms with van der Waals surface area (Å²) in [5.41, 5.74) is 0.526. The van der Waals surface area contributed by atoms with E-state index in [1.165, 1.54) is 18.2 Å². The smallest absolute Gasteiger partial charge is 0.379 e. The maximum Gasteiger partial charge on any atom is 0.416 e. The SMILES string of the molecule is C=C=CC(O)(CC#CC)c1ccc(C(F)(F)F)cc1. The molecule has 0 aliphatic heterocycles. The Labute approximate surface area is 110 Å². The minimum absolute atomic E-state index is 0.0668. The molecule has 0 aliphatic rings. The van der Waals surface area contributed by atoms with E-state index in [2.05, 4.69) is 24.2 Å². The van der Waals surface area contributed by atoms with Crippen molar-refractivity contribution in [3.8, 4) is 11.8 Å². The third-order valence-corrected chi connectivity index (χ3v) is 2.59. The standard InChI is InChI=1S/C15H13F3O/c1-3-5-11-14(19,10-4-2)12-6-8-13(9-7-12)15(16,17)18/h6-10,19H,2,11H2,1H3. The van der Waals surface area contributed by atoms with Gasteiger partial charge in [0.05, 0.1) is 5.56 Å². The molecular formula is C15H13F3O. The number of benzene rings is 1. The lowest BCUT2D eigenvalue weighted by Gasteiger charge is -2.22. The summed E-state index contributed by atoms with van der Waals surface area (Å²) in [4.78, 5) is 0. The summed E-state index contributed by atoms with van der Waals surface area (Å²) in [5, 5.41) is 10.4. The molecule has 0 spiro atoms. The summed E-state index contributed by atoms with van der Waals surface area (Å²) in [6.07, 6.45) is -3.04. The van der Waals surface area contributed by atoms with E-state index in [0.29, 0.717) is 5.56 Å². The lowest BCUT2D eigenvalue weighted by Crippen LogP contribution is -2.22. The van der Waals surface area contributed by atoms with E-state index in [-0.39, 0.29) is 6.42 Å². The zero-order valence-electron chi connectivity index (χ0n) is 10.4. The van der Waals surface area contributed by atoms with Gasteiger partial charge < -0.3 is 5.11 Å². The van der Waals surface area contributed by atoms with Crippen LogP contribution < -0.4 is 0 Å². The Hall–Kier alpha value is -1.95. The highest BCUT2D eigenvalue weighted by Gasteiger charge is 2.31. The van der Waals surface area contributed by atoms with Gasteiger partial charge in [0.1, 0.15) is 5.60 Å². The molecule has 4 heteroatoms. The Morgan fingerprint density at radius 2 is 1.74 bits per heavy atom. The van der Waals surface area contributed by atoms with Gasteiger partial charge in [0, 0.05) is 6.42 Å². The molecule has 1 atom stereocenters. The summed E-state index contributed by atoms with van der Waals surface area (Å²) < 4.78 is 37.4. The van der Waals surface area contributed by atoms with Gasteiger partial charge in [0.2, 0.25) is 0 Å². The predicted octanol–water partition coefficient (Wildman–Crippen LogP) is 3.65. The summed E-state index contributed by atoms with van der Waals surface area (Å²) in [7, 11) is 0. The van der Waals surface area contributed by atoms with E-state index < -0.39 is 17.3 Å². The van der Waals surface area contributed by atoms with Gasteiger partial charge in [-0.25, -0.2) is 0 Å². The van der Waals surface area contributed by atoms with Crippen molar-refractivity contribution in [2.24, 2.45) is 0 Å². The van der Waals surface area contributed by atoms with E-state index in [9.17, 15) is 18.3 Å². The van der Waals surface area contributed by atoms with Crippen molar-refractivity contribution in [2.45, 2.75) is 25.1 Å². The molecule has 0 saturated heterocycles. The molecule has 0 saturated carbocycles. The predicted molar refractivity (Wildman–Crippen MR) is 67.1 cm³/mol. The molecule has 1 aromatic carbocycles. The van der Waals surface area contributed by atoms with Gasteiger partial charge in [-0.3, -0.25) is 0 Å². The molecule has 100 valence electrons. The van der Waals surface area contributed by atoms with Crippen LogP contribution in [0.25, 0.3) is 0 Å². The largest absolute Gasteiger partial charge is 0.416 e. The number of aliphatic hydroxyl groups is 1. The lowest BCUT2D eigenvalue weighted by atomic mass is 9.90. The first kappa shape index (κ1) is 15.1. The molecule has 1 aromatic rings. The molecule has 1 unspecified atom stereocenters. The highest BCUT2D eigenvalue weighted by molar-refractivity contribution is 5.33. The number of halogens is 3. The van der Waals surface area contributed by atoms with Crippen LogP contribution in [0.15, 0.2) is 42.7 Å². The number of rotatable bonds is 3. The van der Waals surface area contributed by atoms with Crippen LogP contribution in [-0.4, -0.2) is 5.11 Å². The Bertz CT molecular complexity index is 539. The second kappa shape index (κ2) is 5.79. The Morgan fingerprint density at radius 1 is 1.21 bits per heavy atom. The third kappa shape index (κ3) is 3.75. The average Bonchev–Trinajstić information content (AvgIpc) is 2.36. The van der Waals surface area contributed by atoms with Crippen LogP contribution >= 0.6 is 0 Å². The molecule has 0 radical (unpaired) electrons. The van der Waals surface area contributed by atoms with Crippen LogP contribution in [0.5, 0.6) is 0 Å². The van der Waals surface area contributed by atoms with E-state index in [1.807, 2.05) is 0 Å². The summed E-state index contributed by atoms with van der Waals surface area (Å²) in [6, 6.07) is 4.31. The van der Waals surface area contributed by atoms with E-state index in [1.54, 1.807) is 6.92 Å². The summed E-state index contributed by atoms with van der Waals surface area (Å²) in [5.74, 6) is 5.32. The summed E-state index contributed by atoms with van der Waals surface area (Å²) in [6.45, 7) is 4.98. The average molecular weight is 266 g/mol. The minimum atomic E-state index is -4.39. The molecule has 0 fully saturated rings. The van der Waals surface area contributed by atoms with E-state index >= 15 is 0 Å².